The average molecular weight is 341 g/mol. The van der Waals surface area contributed by atoms with E-state index in [4.69, 9.17) is 0 Å². The van der Waals surface area contributed by atoms with E-state index in [-0.39, 0.29) is 5.82 Å². The zero-order valence-electron chi connectivity index (χ0n) is 10.5. The molecule has 0 bridgehead atoms. The van der Waals surface area contributed by atoms with Crippen LogP contribution in [0.2, 0.25) is 0 Å². The topological polar surface area (TPSA) is 24.9 Å². The smallest absolute Gasteiger partial charge is 0.134 e. The lowest BCUT2D eigenvalue weighted by Crippen LogP contribution is -2.14. The van der Waals surface area contributed by atoms with Gasteiger partial charge in [-0.05, 0) is 47.8 Å². The molecule has 2 nitrogen and oxygen atoms in total. The number of hydrogen-bond donors (Lipinski definition) is 1. The summed E-state index contributed by atoms with van der Waals surface area (Å²) < 4.78 is 14.7. The highest BCUT2D eigenvalue weighted by Crippen LogP contribution is 2.35. The van der Waals surface area contributed by atoms with E-state index in [1.807, 2.05) is 13.0 Å². The van der Waals surface area contributed by atoms with Crippen LogP contribution in [0.4, 0.5) is 4.39 Å². The van der Waals surface area contributed by atoms with E-state index in [1.54, 1.807) is 17.4 Å². The van der Waals surface area contributed by atoms with Gasteiger partial charge in [-0.1, -0.05) is 6.07 Å². The Morgan fingerprint density at radius 2 is 2.26 bits per heavy atom. The summed E-state index contributed by atoms with van der Waals surface area (Å²) in [6.45, 7) is 2.82. The first kappa shape index (κ1) is 13.2. The van der Waals surface area contributed by atoms with Crippen molar-refractivity contribution >= 4 is 27.3 Å². The molecule has 3 rings (SSSR count). The van der Waals surface area contributed by atoms with Crippen LogP contribution in [0, 0.1) is 12.7 Å². The number of aryl methyl sites for hydroxylation is 1. The van der Waals surface area contributed by atoms with Gasteiger partial charge in [0.15, 0.2) is 0 Å². The molecule has 0 spiro atoms. The molecule has 1 fully saturated rings. The van der Waals surface area contributed by atoms with Gasteiger partial charge in [0, 0.05) is 21.9 Å². The molecule has 0 amide bonds. The van der Waals surface area contributed by atoms with E-state index < -0.39 is 0 Å². The molecule has 0 radical (unpaired) electrons. The number of thiazole rings is 1. The molecule has 1 aromatic carbocycles. The summed E-state index contributed by atoms with van der Waals surface area (Å²) in [5.74, 6) is -0.232. The number of benzene rings is 1. The summed E-state index contributed by atoms with van der Waals surface area (Å²) in [4.78, 5) is 5.70. The van der Waals surface area contributed by atoms with Gasteiger partial charge in [0.05, 0.1) is 11.3 Å². The van der Waals surface area contributed by atoms with E-state index in [2.05, 4.69) is 26.2 Å². The number of rotatable bonds is 4. The predicted molar refractivity (Wildman–Crippen MR) is 79.8 cm³/mol. The third-order valence-corrected chi connectivity index (χ3v) is 5.03. The maximum absolute atomic E-state index is 13.9. The minimum atomic E-state index is -0.232. The van der Waals surface area contributed by atoms with Crippen molar-refractivity contribution < 1.29 is 4.39 Å². The van der Waals surface area contributed by atoms with Crippen LogP contribution in [-0.2, 0) is 6.54 Å². The molecule has 1 aliphatic rings. The van der Waals surface area contributed by atoms with Crippen LogP contribution in [0.15, 0.2) is 22.7 Å². The summed E-state index contributed by atoms with van der Waals surface area (Å²) in [7, 11) is 0. The van der Waals surface area contributed by atoms with E-state index in [0.717, 1.165) is 21.7 Å². The maximum Gasteiger partial charge on any atom is 0.134 e. The standard InChI is InChI=1S/C14H14BrFN2S/c1-8-12(7-17-9-5-6-9)19-14(18-8)13-10(15)3-2-4-11(13)16/h2-4,9,17H,5-7H2,1H3. The van der Waals surface area contributed by atoms with Crippen molar-refractivity contribution in [2.45, 2.75) is 32.4 Å². The molecule has 0 unspecified atom stereocenters. The van der Waals surface area contributed by atoms with Crippen molar-refractivity contribution in [1.29, 1.82) is 0 Å². The summed E-state index contributed by atoms with van der Waals surface area (Å²) in [5, 5.41) is 4.22. The zero-order chi connectivity index (χ0) is 13.4. The summed E-state index contributed by atoms with van der Waals surface area (Å²) >= 11 is 4.97. The molecular weight excluding hydrogens is 327 g/mol. The number of halogens is 2. The first-order valence-corrected chi connectivity index (χ1v) is 7.90. The molecule has 1 aliphatic carbocycles. The van der Waals surface area contributed by atoms with Crippen LogP contribution < -0.4 is 5.32 Å². The van der Waals surface area contributed by atoms with Gasteiger partial charge in [-0.2, -0.15) is 0 Å². The second-order valence-electron chi connectivity index (χ2n) is 4.78. The van der Waals surface area contributed by atoms with Crippen LogP contribution >= 0.6 is 27.3 Å². The first-order valence-electron chi connectivity index (χ1n) is 6.29. The van der Waals surface area contributed by atoms with Gasteiger partial charge in [0.25, 0.3) is 0 Å². The lowest BCUT2D eigenvalue weighted by atomic mass is 10.2. The number of hydrogen-bond acceptors (Lipinski definition) is 3. The highest BCUT2D eigenvalue weighted by Gasteiger charge is 2.21. The van der Waals surface area contributed by atoms with Gasteiger partial charge in [0.2, 0.25) is 0 Å². The first-order chi connectivity index (χ1) is 9.15. The Kier molecular flexibility index (Phi) is 3.69. The molecule has 1 aromatic heterocycles. The lowest BCUT2D eigenvalue weighted by Gasteiger charge is -2.01. The Morgan fingerprint density at radius 3 is 2.95 bits per heavy atom. The maximum atomic E-state index is 13.9. The van der Waals surface area contributed by atoms with E-state index in [9.17, 15) is 4.39 Å². The van der Waals surface area contributed by atoms with Crippen molar-refractivity contribution in [3.05, 3.63) is 39.1 Å². The number of nitrogens with zero attached hydrogens (tertiary/aromatic N) is 1. The van der Waals surface area contributed by atoms with Crippen molar-refractivity contribution in [3.8, 4) is 10.6 Å². The predicted octanol–water partition coefficient (Wildman–Crippen LogP) is 4.27. The van der Waals surface area contributed by atoms with Crippen molar-refractivity contribution in [3.63, 3.8) is 0 Å². The fourth-order valence-corrected chi connectivity index (χ4v) is 3.66. The van der Waals surface area contributed by atoms with Gasteiger partial charge >= 0.3 is 0 Å². The third-order valence-electron chi connectivity index (χ3n) is 3.20. The van der Waals surface area contributed by atoms with Crippen molar-refractivity contribution in [2.75, 3.05) is 0 Å². The molecule has 0 atom stereocenters. The summed E-state index contributed by atoms with van der Waals surface area (Å²) in [6.07, 6.45) is 2.53. The van der Waals surface area contributed by atoms with Gasteiger partial charge < -0.3 is 5.32 Å². The van der Waals surface area contributed by atoms with Gasteiger partial charge in [-0.15, -0.1) is 11.3 Å². The number of nitrogens with one attached hydrogen (secondary N) is 1. The molecule has 1 heterocycles. The lowest BCUT2D eigenvalue weighted by molar-refractivity contribution is 0.630. The SMILES string of the molecule is Cc1nc(-c2c(F)cccc2Br)sc1CNC1CC1. The minimum absolute atomic E-state index is 0.232. The van der Waals surface area contributed by atoms with Gasteiger partial charge in [-0.3, -0.25) is 0 Å². The van der Waals surface area contributed by atoms with E-state index in [0.29, 0.717) is 11.6 Å². The largest absolute Gasteiger partial charge is 0.309 e. The fourth-order valence-electron chi connectivity index (χ4n) is 1.93. The Hall–Kier alpha value is -0.780. The molecule has 1 N–H and O–H groups in total. The summed E-state index contributed by atoms with van der Waals surface area (Å²) in [5.41, 5.74) is 1.55. The molecular formula is C14H14BrFN2S. The Labute approximate surface area is 124 Å². The second kappa shape index (κ2) is 5.31. The highest BCUT2D eigenvalue weighted by atomic mass is 79.9. The van der Waals surface area contributed by atoms with Crippen LogP contribution in [0.1, 0.15) is 23.4 Å². The monoisotopic (exact) mass is 340 g/mol. The molecule has 100 valence electrons. The number of aromatic nitrogens is 1. The third kappa shape index (κ3) is 2.88. The quantitative estimate of drug-likeness (QED) is 0.898. The average Bonchev–Trinajstić information content (AvgIpc) is 3.11. The Bertz CT molecular complexity index is 587. The van der Waals surface area contributed by atoms with Gasteiger partial charge in [-0.25, -0.2) is 9.37 Å². The van der Waals surface area contributed by atoms with Crippen LogP contribution in [0.25, 0.3) is 10.6 Å². The van der Waals surface area contributed by atoms with Crippen molar-refractivity contribution in [1.82, 2.24) is 10.3 Å². The van der Waals surface area contributed by atoms with Crippen LogP contribution in [0.3, 0.4) is 0 Å². The zero-order valence-corrected chi connectivity index (χ0v) is 12.9. The molecule has 19 heavy (non-hydrogen) atoms. The fraction of sp³-hybridized carbons (Fsp3) is 0.357. The van der Waals surface area contributed by atoms with E-state index in [1.165, 1.54) is 23.8 Å². The molecule has 0 saturated heterocycles. The molecule has 2 aromatic rings. The normalized spacial score (nSPS) is 14.9. The molecule has 5 heteroatoms. The highest BCUT2D eigenvalue weighted by molar-refractivity contribution is 9.10. The van der Waals surface area contributed by atoms with Gasteiger partial charge in [0.1, 0.15) is 10.8 Å². The molecule has 0 aliphatic heterocycles. The Morgan fingerprint density at radius 1 is 1.47 bits per heavy atom. The second-order valence-corrected chi connectivity index (χ2v) is 6.72. The Balaban J connectivity index is 1.90. The van der Waals surface area contributed by atoms with E-state index >= 15 is 0 Å². The minimum Gasteiger partial charge on any atom is -0.309 e. The summed E-state index contributed by atoms with van der Waals surface area (Å²) in [6, 6.07) is 5.68. The molecule has 1 saturated carbocycles. The van der Waals surface area contributed by atoms with Crippen LogP contribution in [-0.4, -0.2) is 11.0 Å². The van der Waals surface area contributed by atoms with Crippen LogP contribution in [0.5, 0.6) is 0 Å². The van der Waals surface area contributed by atoms with Crippen molar-refractivity contribution in [2.24, 2.45) is 0 Å².